The molecule has 10 nitrogen and oxygen atoms in total. The first-order valence-electron chi connectivity index (χ1n) is 13.2. The summed E-state index contributed by atoms with van der Waals surface area (Å²) < 4.78 is 12.3. The molecule has 2 amide bonds. The predicted octanol–water partition coefficient (Wildman–Crippen LogP) is 6.25. The quantitative estimate of drug-likeness (QED) is 0.350. The van der Waals surface area contributed by atoms with E-state index < -0.39 is 11.7 Å². The van der Waals surface area contributed by atoms with Crippen LogP contribution >= 0.6 is 0 Å². The summed E-state index contributed by atoms with van der Waals surface area (Å²) in [5.41, 5.74) is 2.59. The maximum atomic E-state index is 12.6. The average Bonchev–Trinajstić information content (AvgIpc) is 3.41. The van der Waals surface area contributed by atoms with Crippen LogP contribution in [0.3, 0.4) is 0 Å². The molecule has 39 heavy (non-hydrogen) atoms. The SMILES string of the molecule is CC(C)n1nc(-c2ccc(CC(=O)Nc3cc(CC4(C)CCC4)no3)cc2)c(C#N)c1NC(=O)OC(C)(C)C. The van der Waals surface area contributed by atoms with E-state index >= 15 is 0 Å². The van der Waals surface area contributed by atoms with Gasteiger partial charge in [0.25, 0.3) is 0 Å². The molecule has 2 N–H and O–H groups in total. The average molecular weight is 533 g/mol. The molecule has 0 bridgehead atoms. The Morgan fingerprint density at radius 2 is 1.90 bits per heavy atom. The number of hydrogen-bond acceptors (Lipinski definition) is 7. The third kappa shape index (κ3) is 6.85. The monoisotopic (exact) mass is 532 g/mol. The van der Waals surface area contributed by atoms with E-state index in [1.165, 1.54) is 19.3 Å². The molecule has 1 aliphatic rings. The van der Waals surface area contributed by atoms with Crippen molar-refractivity contribution in [2.75, 3.05) is 10.6 Å². The zero-order valence-corrected chi connectivity index (χ0v) is 23.4. The molecule has 3 aromatic rings. The van der Waals surface area contributed by atoms with Crippen molar-refractivity contribution in [2.24, 2.45) is 5.41 Å². The standard InChI is InChI=1S/C29H36N6O4/c1-18(2)35-26(32-27(37)38-28(3,4)5)22(17-30)25(33-35)20-10-8-19(9-11-20)14-23(36)31-24-15-21(34-39-24)16-29(6)12-7-13-29/h8-11,15,18H,7,12-14,16H2,1-6H3,(H,31,36)(H,32,37). The van der Waals surface area contributed by atoms with Crippen molar-refractivity contribution in [1.82, 2.24) is 14.9 Å². The summed E-state index contributed by atoms with van der Waals surface area (Å²) in [5, 5.41) is 24.1. The molecule has 0 aliphatic heterocycles. The van der Waals surface area contributed by atoms with E-state index in [2.05, 4.69) is 33.9 Å². The van der Waals surface area contributed by atoms with E-state index in [4.69, 9.17) is 9.26 Å². The Kier molecular flexibility index (Phi) is 7.82. The van der Waals surface area contributed by atoms with Gasteiger partial charge in [-0.1, -0.05) is 42.8 Å². The van der Waals surface area contributed by atoms with Crippen molar-refractivity contribution < 1.29 is 18.8 Å². The van der Waals surface area contributed by atoms with E-state index in [0.29, 0.717) is 17.1 Å². The van der Waals surface area contributed by atoms with Crippen LogP contribution in [0.2, 0.25) is 0 Å². The fourth-order valence-corrected chi connectivity index (χ4v) is 4.63. The Labute approximate surface area is 228 Å². The van der Waals surface area contributed by atoms with Gasteiger partial charge in [0.15, 0.2) is 5.82 Å². The van der Waals surface area contributed by atoms with Crippen molar-refractivity contribution in [3.8, 4) is 17.3 Å². The van der Waals surface area contributed by atoms with Gasteiger partial charge < -0.3 is 9.26 Å². The largest absolute Gasteiger partial charge is 0.444 e. The van der Waals surface area contributed by atoms with Crippen LogP contribution in [0.5, 0.6) is 0 Å². The number of carbonyl (C=O) groups is 2. The maximum Gasteiger partial charge on any atom is 0.413 e. The van der Waals surface area contributed by atoms with Crippen LogP contribution in [0, 0.1) is 16.7 Å². The molecular weight excluding hydrogens is 496 g/mol. The first kappa shape index (κ1) is 27.9. The van der Waals surface area contributed by atoms with Crippen molar-refractivity contribution >= 4 is 23.7 Å². The molecule has 2 heterocycles. The lowest BCUT2D eigenvalue weighted by Crippen LogP contribution is -2.28. The van der Waals surface area contributed by atoms with Crippen molar-refractivity contribution in [3.05, 3.63) is 47.2 Å². The van der Waals surface area contributed by atoms with Gasteiger partial charge in [0.05, 0.1) is 12.1 Å². The van der Waals surface area contributed by atoms with Gasteiger partial charge in [-0.15, -0.1) is 0 Å². The number of rotatable bonds is 8. The number of nitrogens with one attached hydrogen (secondary N) is 2. The van der Waals surface area contributed by atoms with Crippen molar-refractivity contribution in [1.29, 1.82) is 5.26 Å². The van der Waals surface area contributed by atoms with Gasteiger partial charge >= 0.3 is 6.09 Å². The van der Waals surface area contributed by atoms with E-state index in [1.54, 1.807) is 43.7 Å². The van der Waals surface area contributed by atoms with Crippen LogP contribution < -0.4 is 10.6 Å². The number of carbonyl (C=O) groups excluding carboxylic acids is 2. The molecule has 1 saturated carbocycles. The number of nitriles is 1. The molecule has 206 valence electrons. The van der Waals surface area contributed by atoms with Crippen molar-refractivity contribution in [2.45, 2.75) is 85.3 Å². The Hall–Kier alpha value is -4.13. The highest BCUT2D eigenvalue weighted by Gasteiger charge is 2.33. The Bertz CT molecular complexity index is 1380. The topological polar surface area (TPSA) is 135 Å². The number of hydrogen-bond donors (Lipinski definition) is 2. The minimum absolute atomic E-state index is 0.119. The van der Waals surface area contributed by atoms with Gasteiger partial charge in [0, 0.05) is 17.7 Å². The first-order chi connectivity index (χ1) is 18.4. The lowest BCUT2D eigenvalue weighted by atomic mass is 9.68. The molecule has 0 saturated heterocycles. The number of nitrogens with zero attached hydrogens (tertiary/aromatic N) is 4. The Morgan fingerprint density at radius 1 is 1.21 bits per heavy atom. The van der Waals surface area contributed by atoms with Gasteiger partial charge in [-0.05, 0) is 64.9 Å². The van der Waals surface area contributed by atoms with Crippen molar-refractivity contribution in [3.63, 3.8) is 0 Å². The van der Waals surface area contributed by atoms with Crippen LogP contribution in [-0.2, 0) is 22.4 Å². The summed E-state index contributed by atoms with van der Waals surface area (Å²) in [5.74, 6) is 0.404. The van der Waals surface area contributed by atoms with Gasteiger partial charge in [0.1, 0.15) is 22.9 Å². The maximum absolute atomic E-state index is 12.6. The predicted molar refractivity (Wildman–Crippen MR) is 147 cm³/mol. The lowest BCUT2D eigenvalue weighted by molar-refractivity contribution is -0.115. The van der Waals surface area contributed by atoms with E-state index in [-0.39, 0.29) is 35.2 Å². The minimum atomic E-state index is -0.686. The highest BCUT2D eigenvalue weighted by molar-refractivity contribution is 5.91. The molecule has 0 atom stereocenters. The highest BCUT2D eigenvalue weighted by atomic mass is 16.6. The molecule has 0 unspecified atom stereocenters. The second kappa shape index (κ2) is 10.9. The van der Waals surface area contributed by atoms with Gasteiger partial charge in [0.2, 0.25) is 11.8 Å². The molecule has 10 heteroatoms. The third-order valence-electron chi connectivity index (χ3n) is 6.71. The van der Waals surface area contributed by atoms with Gasteiger partial charge in [-0.2, -0.15) is 10.4 Å². The van der Waals surface area contributed by atoms with Gasteiger partial charge in [-0.25, -0.2) is 9.48 Å². The van der Waals surface area contributed by atoms with E-state index in [0.717, 1.165) is 17.7 Å². The second-order valence-corrected chi connectivity index (χ2v) is 11.8. The summed E-state index contributed by atoms with van der Waals surface area (Å²) in [4.78, 5) is 25.1. The molecule has 2 aromatic heterocycles. The molecule has 0 spiro atoms. The minimum Gasteiger partial charge on any atom is -0.444 e. The molecule has 1 fully saturated rings. The van der Waals surface area contributed by atoms with Crippen LogP contribution in [0.15, 0.2) is 34.9 Å². The summed E-state index contributed by atoms with van der Waals surface area (Å²) in [6.45, 7) is 11.4. The number of anilines is 2. The van der Waals surface area contributed by atoms with Crippen LogP contribution in [0.25, 0.3) is 11.3 Å². The molecule has 1 aliphatic carbocycles. The number of benzene rings is 1. The number of aromatic nitrogens is 3. The highest BCUT2D eigenvalue weighted by Crippen LogP contribution is 2.43. The molecule has 0 radical (unpaired) electrons. The van der Waals surface area contributed by atoms with Crippen LogP contribution in [-0.4, -0.2) is 32.5 Å². The Balaban J connectivity index is 1.45. The first-order valence-corrected chi connectivity index (χ1v) is 13.2. The second-order valence-electron chi connectivity index (χ2n) is 11.8. The summed E-state index contributed by atoms with van der Waals surface area (Å²) in [6.07, 6.45) is 3.95. The fraction of sp³-hybridized carbons (Fsp3) is 0.483. The number of amides is 2. The zero-order chi connectivity index (χ0) is 28.4. The van der Waals surface area contributed by atoms with E-state index in [1.807, 2.05) is 26.0 Å². The summed E-state index contributed by atoms with van der Waals surface area (Å²) in [6, 6.07) is 11.1. The van der Waals surface area contributed by atoms with Crippen LogP contribution in [0.1, 0.15) is 83.7 Å². The fourth-order valence-electron chi connectivity index (χ4n) is 4.63. The summed E-state index contributed by atoms with van der Waals surface area (Å²) >= 11 is 0. The third-order valence-corrected chi connectivity index (χ3v) is 6.71. The molecule has 1 aromatic carbocycles. The smallest absolute Gasteiger partial charge is 0.413 e. The zero-order valence-electron chi connectivity index (χ0n) is 23.4. The molecule has 4 rings (SSSR count). The number of ether oxygens (including phenoxy) is 1. The van der Waals surface area contributed by atoms with E-state index in [9.17, 15) is 14.9 Å². The summed E-state index contributed by atoms with van der Waals surface area (Å²) in [7, 11) is 0. The van der Waals surface area contributed by atoms with Crippen LogP contribution in [0.4, 0.5) is 16.5 Å². The molecular formula is C29H36N6O4. The van der Waals surface area contributed by atoms with Gasteiger partial charge in [-0.3, -0.25) is 15.4 Å². The Morgan fingerprint density at radius 3 is 2.46 bits per heavy atom. The normalized spacial score (nSPS) is 14.4. The lowest BCUT2D eigenvalue weighted by Gasteiger charge is -2.37.